The number of benzene rings is 1. The predicted molar refractivity (Wildman–Crippen MR) is 88.8 cm³/mol. The zero-order chi connectivity index (χ0) is 16.1. The van der Waals surface area contributed by atoms with Gasteiger partial charge in [-0.05, 0) is 17.7 Å². The van der Waals surface area contributed by atoms with Gasteiger partial charge in [-0.1, -0.05) is 24.3 Å². The lowest BCUT2D eigenvalue weighted by Gasteiger charge is -2.13. The minimum absolute atomic E-state index is 0.0220. The minimum atomic E-state index is -0.0220. The molecule has 0 amide bonds. The van der Waals surface area contributed by atoms with Crippen molar-refractivity contribution in [2.45, 2.75) is 12.5 Å². The van der Waals surface area contributed by atoms with Gasteiger partial charge in [0.15, 0.2) is 5.78 Å². The number of Topliss-reactive ketones (excluding diaryl/α,β-unsaturated/α-hetero) is 1. The number of furan rings is 1. The maximum atomic E-state index is 12.8. The molecule has 1 atom stereocenters. The summed E-state index contributed by atoms with van der Waals surface area (Å²) in [5.74, 6) is 0.0620. The molecule has 0 radical (unpaired) electrons. The molecule has 0 N–H and O–H groups in total. The molecule has 1 aromatic carbocycles. The van der Waals surface area contributed by atoms with Gasteiger partial charge in [-0.2, -0.15) is 0 Å². The molecule has 0 aliphatic carbocycles. The Morgan fingerprint density at radius 1 is 1.21 bits per heavy atom. The maximum absolute atomic E-state index is 12.8. The van der Waals surface area contributed by atoms with E-state index in [1.165, 1.54) is 5.56 Å². The van der Waals surface area contributed by atoms with Gasteiger partial charge in [-0.3, -0.25) is 4.79 Å². The quantitative estimate of drug-likeness (QED) is 0.538. The molecule has 1 aliphatic heterocycles. The Morgan fingerprint density at radius 3 is 3.08 bits per heavy atom. The maximum Gasteiger partial charge on any atom is 0.225 e. The van der Waals surface area contributed by atoms with Gasteiger partial charge in [0, 0.05) is 29.1 Å². The molecule has 5 rings (SSSR count). The van der Waals surface area contributed by atoms with E-state index >= 15 is 0 Å². The molecule has 5 nitrogen and oxygen atoms in total. The predicted octanol–water partition coefficient (Wildman–Crippen LogP) is 3.87. The van der Waals surface area contributed by atoms with Gasteiger partial charge in [-0.25, -0.2) is 9.97 Å². The van der Waals surface area contributed by atoms with Gasteiger partial charge in [0.05, 0.1) is 30.5 Å². The lowest BCUT2D eigenvalue weighted by molar-refractivity contribution is 0.0970. The van der Waals surface area contributed by atoms with E-state index in [9.17, 15) is 4.79 Å². The fraction of sp³-hybridized carbons (Fsp3) is 0.105. The average Bonchev–Trinajstić information content (AvgIpc) is 3.31. The molecule has 4 heterocycles. The van der Waals surface area contributed by atoms with Crippen molar-refractivity contribution >= 4 is 16.9 Å². The van der Waals surface area contributed by atoms with Crippen molar-refractivity contribution in [3.63, 3.8) is 0 Å². The highest BCUT2D eigenvalue weighted by Gasteiger charge is 2.30. The molecule has 0 saturated carbocycles. The summed E-state index contributed by atoms with van der Waals surface area (Å²) in [6.07, 6.45) is 7.19. The molecule has 3 aromatic heterocycles. The number of aromatic nitrogens is 3. The number of imidazole rings is 1. The van der Waals surface area contributed by atoms with Crippen LogP contribution in [0.15, 0.2) is 65.8 Å². The van der Waals surface area contributed by atoms with Crippen LogP contribution in [0.5, 0.6) is 0 Å². The van der Waals surface area contributed by atoms with E-state index in [0.29, 0.717) is 17.7 Å². The van der Waals surface area contributed by atoms with Crippen molar-refractivity contribution in [2.24, 2.45) is 0 Å². The van der Waals surface area contributed by atoms with Crippen molar-refractivity contribution in [3.8, 4) is 11.3 Å². The molecule has 1 unspecified atom stereocenters. The third-order valence-electron chi connectivity index (χ3n) is 4.60. The van der Waals surface area contributed by atoms with Crippen LogP contribution < -0.4 is 0 Å². The molecule has 0 bridgehead atoms. The summed E-state index contributed by atoms with van der Waals surface area (Å²) in [4.78, 5) is 21.2. The topological polar surface area (TPSA) is 60.9 Å². The van der Waals surface area contributed by atoms with Gasteiger partial charge in [-0.15, -0.1) is 0 Å². The molecule has 116 valence electrons. The molecule has 0 spiro atoms. The second kappa shape index (κ2) is 4.89. The minimum Gasteiger partial charge on any atom is -0.446 e. The van der Waals surface area contributed by atoms with Crippen LogP contribution in [0.3, 0.4) is 0 Å². The highest BCUT2D eigenvalue weighted by atomic mass is 16.3. The van der Waals surface area contributed by atoms with E-state index in [1.807, 2.05) is 30.5 Å². The Kier molecular flexibility index (Phi) is 2.70. The summed E-state index contributed by atoms with van der Waals surface area (Å²) < 4.78 is 7.31. The van der Waals surface area contributed by atoms with E-state index in [1.54, 1.807) is 18.8 Å². The molecular weight excluding hydrogens is 302 g/mol. The average molecular weight is 315 g/mol. The Hall–Kier alpha value is -3.21. The zero-order valence-electron chi connectivity index (χ0n) is 12.7. The van der Waals surface area contributed by atoms with Crippen LogP contribution in [-0.4, -0.2) is 20.3 Å². The summed E-state index contributed by atoms with van der Waals surface area (Å²) >= 11 is 0. The van der Waals surface area contributed by atoms with Crippen molar-refractivity contribution in [1.29, 1.82) is 0 Å². The number of hydrogen-bond acceptors (Lipinski definition) is 4. The molecule has 24 heavy (non-hydrogen) atoms. The number of nitrogens with zero attached hydrogens (tertiary/aromatic N) is 3. The van der Waals surface area contributed by atoms with Crippen LogP contribution in [0.1, 0.15) is 28.4 Å². The van der Waals surface area contributed by atoms with Crippen LogP contribution in [0.4, 0.5) is 0 Å². The first-order chi connectivity index (χ1) is 11.8. The van der Waals surface area contributed by atoms with Gasteiger partial charge < -0.3 is 8.98 Å². The fourth-order valence-corrected chi connectivity index (χ4v) is 3.45. The van der Waals surface area contributed by atoms with Crippen LogP contribution in [0.2, 0.25) is 0 Å². The second-order valence-electron chi connectivity index (χ2n) is 5.96. The Labute approximate surface area is 137 Å². The number of rotatable bonds is 3. The molecular formula is C19H13N3O2. The highest BCUT2D eigenvalue weighted by Crippen LogP contribution is 2.41. The first kappa shape index (κ1) is 13.2. The number of pyridine rings is 1. The smallest absolute Gasteiger partial charge is 0.225 e. The molecule has 4 aromatic rings. The largest absolute Gasteiger partial charge is 0.446 e. The number of hydrogen-bond donors (Lipinski definition) is 0. The number of ketones is 1. The molecule has 5 heteroatoms. The third-order valence-corrected chi connectivity index (χ3v) is 4.60. The highest BCUT2D eigenvalue weighted by molar-refractivity contribution is 5.99. The third kappa shape index (κ3) is 1.84. The summed E-state index contributed by atoms with van der Waals surface area (Å²) in [6, 6.07) is 11.8. The SMILES string of the molecule is O=C(CC1c2ccccc2-c2cncn21)c1cnc2occc2c1. The number of fused-ring (bicyclic) bond motifs is 4. The first-order valence-corrected chi connectivity index (χ1v) is 7.79. The van der Waals surface area contributed by atoms with Crippen molar-refractivity contribution in [1.82, 2.24) is 14.5 Å². The normalized spacial score (nSPS) is 15.4. The summed E-state index contributed by atoms with van der Waals surface area (Å²) in [5.41, 5.74) is 4.54. The first-order valence-electron chi connectivity index (χ1n) is 7.79. The van der Waals surface area contributed by atoms with E-state index in [2.05, 4.69) is 26.7 Å². The summed E-state index contributed by atoms with van der Waals surface area (Å²) in [6.45, 7) is 0. The van der Waals surface area contributed by atoms with Crippen molar-refractivity contribution in [3.05, 3.63) is 72.5 Å². The fourth-order valence-electron chi connectivity index (χ4n) is 3.45. The summed E-state index contributed by atoms with van der Waals surface area (Å²) in [5, 5.41) is 0.844. The molecule has 0 fully saturated rings. The number of carbonyl (C=O) groups excluding carboxylic acids is 1. The van der Waals surface area contributed by atoms with Crippen LogP contribution >= 0.6 is 0 Å². The zero-order valence-corrected chi connectivity index (χ0v) is 12.7. The molecule has 0 saturated heterocycles. The van der Waals surface area contributed by atoms with Gasteiger partial charge in [0.25, 0.3) is 0 Å². The van der Waals surface area contributed by atoms with E-state index in [4.69, 9.17) is 4.42 Å². The van der Waals surface area contributed by atoms with Crippen LogP contribution in [0, 0.1) is 0 Å². The molecule has 1 aliphatic rings. The van der Waals surface area contributed by atoms with Crippen molar-refractivity contribution < 1.29 is 9.21 Å². The Morgan fingerprint density at radius 2 is 2.12 bits per heavy atom. The summed E-state index contributed by atoms with van der Waals surface area (Å²) in [7, 11) is 0. The van der Waals surface area contributed by atoms with E-state index in [-0.39, 0.29) is 11.8 Å². The lowest BCUT2D eigenvalue weighted by atomic mass is 9.97. The lowest BCUT2D eigenvalue weighted by Crippen LogP contribution is -2.12. The number of carbonyl (C=O) groups is 1. The second-order valence-corrected chi connectivity index (χ2v) is 5.96. The monoisotopic (exact) mass is 315 g/mol. The van der Waals surface area contributed by atoms with Gasteiger partial charge >= 0.3 is 0 Å². The Bertz CT molecular complexity index is 1080. The van der Waals surface area contributed by atoms with Crippen LogP contribution in [0.25, 0.3) is 22.4 Å². The standard InChI is InChI=1S/C19H13N3O2/c23-18(13-7-12-5-6-24-19(12)21-9-13)8-16-14-3-1-2-4-15(14)17-10-20-11-22(16)17/h1-7,9-11,16H,8H2. The van der Waals surface area contributed by atoms with Gasteiger partial charge in [0.1, 0.15) is 0 Å². The van der Waals surface area contributed by atoms with E-state index in [0.717, 1.165) is 16.6 Å². The van der Waals surface area contributed by atoms with E-state index < -0.39 is 0 Å². The van der Waals surface area contributed by atoms with Crippen LogP contribution in [-0.2, 0) is 0 Å². The van der Waals surface area contributed by atoms with Gasteiger partial charge in [0.2, 0.25) is 5.71 Å². The van der Waals surface area contributed by atoms with Crippen molar-refractivity contribution in [2.75, 3.05) is 0 Å². The Balaban J connectivity index is 1.52.